The Morgan fingerprint density at radius 2 is 1.76 bits per heavy atom. The molecular formula is C27H40O6. The van der Waals surface area contributed by atoms with Crippen molar-refractivity contribution in [2.24, 2.45) is 16.7 Å². The molecule has 0 amide bonds. The molecule has 6 heteroatoms. The van der Waals surface area contributed by atoms with E-state index in [1.807, 2.05) is 12.1 Å². The summed E-state index contributed by atoms with van der Waals surface area (Å²) in [5.41, 5.74) is 1.42. The van der Waals surface area contributed by atoms with Gasteiger partial charge in [0.2, 0.25) is 5.75 Å². The lowest BCUT2D eigenvalue weighted by atomic mass is 9.55. The summed E-state index contributed by atoms with van der Waals surface area (Å²) in [5, 5.41) is 0. The lowest BCUT2D eigenvalue weighted by Crippen LogP contribution is -2.41. The summed E-state index contributed by atoms with van der Waals surface area (Å²) < 4.78 is 21.3. The number of carbonyl (C=O) groups is 2. The van der Waals surface area contributed by atoms with Gasteiger partial charge in [-0.2, -0.15) is 0 Å². The smallest absolute Gasteiger partial charge is 0.330 e. The molecule has 184 valence electrons. The van der Waals surface area contributed by atoms with Gasteiger partial charge in [-0.3, -0.25) is 4.79 Å². The highest BCUT2D eigenvalue weighted by atomic mass is 16.5. The van der Waals surface area contributed by atoms with Crippen molar-refractivity contribution in [3.05, 3.63) is 29.3 Å². The molecule has 0 spiro atoms. The number of hydrogen-bond donors (Lipinski definition) is 0. The lowest BCUT2D eigenvalue weighted by Gasteiger charge is -2.50. The van der Waals surface area contributed by atoms with Gasteiger partial charge in [0.25, 0.3) is 0 Å². The van der Waals surface area contributed by atoms with Gasteiger partial charge in [0, 0.05) is 6.08 Å². The molecule has 1 aromatic rings. The fourth-order valence-electron chi connectivity index (χ4n) is 5.71. The summed E-state index contributed by atoms with van der Waals surface area (Å²) in [5.74, 6) is 1.53. The van der Waals surface area contributed by atoms with Crippen molar-refractivity contribution in [1.29, 1.82) is 0 Å². The van der Waals surface area contributed by atoms with Gasteiger partial charge in [-0.25, -0.2) is 4.79 Å². The second-order valence-electron chi connectivity index (χ2n) is 10.0. The number of esters is 1. The number of methoxy groups -OCH3 is 4. The molecule has 1 fully saturated rings. The SMILES string of the molecule is COC(=O)/C=C/[C@@]1(C)CCCC(C)(C)[C@@H]1CCC(C)c1cc(OC)c(OC)c(OC)c1C=O. The number of hydrogen-bond acceptors (Lipinski definition) is 6. The topological polar surface area (TPSA) is 71.1 Å². The summed E-state index contributed by atoms with van der Waals surface area (Å²) in [6.07, 6.45) is 9.61. The number of rotatable bonds is 10. The molecule has 0 saturated heterocycles. The summed E-state index contributed by atoms with van der Waals surface area (Å²) >= 11 is 0. The minimum absolute atomic E-state index is 0.0988. The molecule has 1 saturated carbocycles. The summed E-state index contributed by atoms with van der Waals surface area (Å²) in [4.78, 5) is 23.8. The summed E-state index contributed by atoms with van der Waals surface area (Å²) in [6.45, 7) is 9.02. The molecule has 1 aromatic carbocycles. The predicted molar refractivity (Wildman–Crippen MR) is 130 cm³/mol. The Bertz CT molecular complexity index is 872. The van der Waals surface area contributed by atoms with Crippen molar-refractivity contribution in [1.82, 2.24) is 0 Å². The molecule has 1 aliphatic carbocycles. The van der Waals surface area contributed by atoms with Crippen LogP contribution >= 0.6 is 0 Å². The van der Waals surface area contributed by atoms with Gasteiger partial charge >= 0.3 is 5.97 Å². The van der Waals surface area contributed by atoms with Crippen LogP contribution in [0.2, 0.25) is 0 Å². The van der Waals surface area contributed by atoms with E-state index in [0.29, 0.717) is 28.7 Å². The highest BCUT2D eigenvalue weighted by molar-refractivity contribution is 5.85. The maximum absolute atomic E-state index is 12.0. The first-order valence-corrected chi connectivity index (χ1v) is 11.6. The Labute approximate surface area is 198 Å². The van der Waals surface area contributed by atoms with Gasteiger partial charge in [0.05, 0.1) is 34.0 Å². The van der Waals surface area contributed by atoms with Crippen LogP contribution in [0.15, 0.2) is 18.2 Å². The van der Waals surface area contributed by atoms with E-state index in [1.54, 1.807) is 13.2 Å². The van der Waals surface area contributed by atoms with E-state index in [4.69, 9.17) is 18.9 Å². The Kier molecular flexibility index (Phi) is 8.98. The monoisotopic (exact) mass is 460 g/mol. The van der Waals surface area contributed by atoms with Crippen LogP contribution in [0, 0.1) is 16.7 Å². The van der Waals surface area contributed by atoms with E-state index in [0.717, 1.165) is 44.0 Å². The zero-order chi connectivity index (χ0) is 24.8. The maximum atomic E-state index is 12.0. The quantitative estimate of drug-likeness (QED) is 0.243. The highest BCUT2D eigenvalue weighted by Crippen LogP contribution is 2.54. The standard InChI is InChI=1S/C27H40O6/c1-18(19-16-21(30-5)25(33-8)24(32-7)20(19)17-28)10-11-22-26(2,3)13-9-14-27(22,4)15-12-23(29)31-6/h12,15-18,22H,9-11,13-14H2,1-8H3/b15-12+/t18?,22-,27+/m0/s1. The first-order chi connectivity index (χ1) is 15.6. The van der Waals surface area contributed by atoms with Gasteiger partial charge < -0.3 is 18.9 Å². The summed E-state index contributed by atoms with van der Waals surface area (Å²) in [6, 6.07) is 1.89. The third kappa shape index (κ3) is 5.71. The first-order valence-electron chi connectivity index (χ1n) is 11.6. The van der Waals surface area contributed by atoms with Gasteiger partial charge in [-0.1, -0.05) is 40.2 Å². The average Bonchev–Trinajstić information content (AvgIpc) is 2.79. The van der Waals surface area contributed by atoms with E-state index in [2.05, 4.69) is 27.7 Å². The number of aldehydes is 1. The number of benzene rings is 1. The zero-order valence-electron chi connectivity index (χ0n) is 21.4. The minimum Gasteiger partial charge on any atom is -0.493 e. The lowest BCUT2D eigenvalue weighted by molar-refractivity contribution is -0.135. The molecule has 6 nitrogen and oxygen atoms in total. The van der Waals surface area contributed by atoms with Gasteiger partial charge in [-0.15, -0.1) is 0 Å². The molecule has 0 aromatic heterocycles. The molecule has 1 unspecified atom stereocenters. The summed E-state index contributed by atoms with van der Waals surface area (Å²) in [7, 11) is 6.05. The predicted octanol–water partition coefficient (Wildman–Crippen LogP) is 5.97. The number of allylic oxidation sites excluding steroid dienone is 1. The molecule has 1 aliphatic rings. The molecule has 2 rings (SSSR count). The molecular weight excluding hydrogens is 420 g/mol. The molecule has 0 bridgehead atoms. The van der Waals surface area contributed by atoms with E-state index in [1.165, 1.54) is 21.3 Å². The van der Waals surface area contributed by atoms with E-state index < -0.39 is 0 Å². The van der Waals surface area contributed by atoms with Crippen LogP contribution in [0.1, 0.15) is 81.6 Å². The van der Waals surface area contributed by atoms with Gasteiger partial charge in [0.15, 0.2) is 17.8 Å². The molecule has 0 heterocycles. The van der Waals surface area contributed by atoms with Gasteiger partial charge in [-0.05, 0) is 60.0 Å². The molecule has 0 N–H and O–H groups in total. The van der Waals surface area contributed by atoms with Crippen molar-refractivity contribution >= 4 is 12.3 Å². The fourth-order valence-corrected chi connectivity index (χ4v) is 5.71. The molecule has 0 radical (unpaired) electrons. The van der Waals surface area contributed by atoms with Crippen LogP contribution in [0.4, 0.5) is 0 Å². The van der Waals surface area contributed by atoms with Crippen LogP contribution < -0.4 is 14.2 Å². The van der Waals surface area contributed by atoms with Crippen molar-refractivity contribution in [2.75, 3.05) is 28.4 Å². The third-order valence-corrected chi connectivity index (χ3v) is 7.51. The maximum Gasteiger partial charge on any atom is 0.330 e. The normalized spacial score (nSPS) is 23.1. The zero-order valence-corrected chi connectivity index (χ0v) is 21.4. The van der Waals surface area contributed by atoms with Crippen LogP contribution in [-0.4, -0.2) is 40.7 Å². The van der Waals surface area contributed by atoms with Crippen molar-refractivity contribution in [2.45, 2.75) is 65.7 Å². The Morgan fingerprint density at radius 3 is 2.30 bits per heavy atom. The van der Waals surface area contributed by atoms with Crippen LogP contribution in [-0.2, 0) is 9.53 Å². The first kappa shape index (κ1) is 26.7. The van der Waals surface area contributed by atoms with E-state index in [-0.39, 0.29) is 22.7 Å². The largest absolute Gasteiger partial charge is 0.493 e. The van der Waals surface area contributed by atoms with Crippen LogP contribution in [0.25, 0.3) is 0 Å². The molecule has 33 heavy (non-hydrogen) atoms. The molecule has 0 aliphatic heterocycles. The van der Waals surface area contributed by atoms with Crippen molar-refractivity contribution in [3.8, 4) is 17.2 Å². The average molecular weight is 461 g/mol. The number of ether oxygens (including phenoxy) is 4. The van der Waals surface area contributed by atoms with E-state index in [9.17, 15) is 9.59 Å². The Morgan fingerprint density at radius 1 is 1.09 bits per heavy atom. The van der Waals surface area contributed by atoms with Crippen LogP contribution in [0.5, 0.6) is 17.2 Å². The highest BCUT2D eigenvalue weighted by Gasteiger charge is 2.45. The van der Waals surface area contributed by atoms with Crippen molar-refractivity contribution < 1.29 is 28.5 Å². The second kappa shape index (κ2) is 11.1. The van der Waals surface area contributed by atoms with Crippen LogP contribution in [0.3, 0.4) is 0 Å². The minimum atomic E-state index is -0.320. The second-order valence-corrected chi connectivity index (χ2v) is 10.0. The van der Waals surface area contributed by atoms with E-state index >= 15 is 0 Å². The van der Waals surface area contributed by atoms with Gasteiger partial charge in [0.1, 0.15) is 0 Å². The Hall–Kier alpha value is -2.50. The Balaban J connectivity index is 2.37. The van der Waals surface area contributed by atoms with Crippen molar-refractivity contribution in [3.63, 3.8) is 0 Å². The molecule has 3 atom stereocenters. The third-order valence-electron chi connectivity index (χ3n) is 7.51. The fraction of sp³-hybridized carbons (Fsp3) is 0.630. The number of carbonyl (C=O) groups excluding carboxylic acids is 2.